The molecular weight excluding hydrogens is 414 g/mol. The quantitative estimate of drug-likeness (QED) is 0.534. The first-order valence-electron chi connectivity index (χ1n) is 11.6. The van der Waals surface area contributed by atoms with Crippen LogP contribution in [0.5, 0.6) is 0 Å². The van der Waals surface area contributed by atoms with Gasteiger partial charge in [0, 0.05) is 50.8 Å². The number of benzene rings is 1. The molecule has 0 saturated carbocycles. The van der Waals surface area contributed by atoms with E-state index in [2.05, 4.69) is 41.3 Å². The molecule has 3 heterocycles. The van der Waals surface area contributed by atoms with E-state index in [1.165, 1.54) is 0 Å². The lowest BCUT2D eigenvalue weighted by Crippen LogP contribution is -2.60. The topological polar surface area (TPSA) is 71.3 Å². The molecule has 4 rings (SSSR count). The summed E-state index contributed by atoms with van der Waals surface area (Å²) in [7, 11) is 0. The SMILES string of the molecule is CCCN1CCN(C(=O)C(C)Cn2cccn2)C(Cc2ccc(-c3ccncc3)cc2)C1=O. The molecule has 2 aromatic heterocycles. The summed E-state index contributed by atoms with van der Waals surface area (Å²) in [4.78, 5) is 34.5. The maximum Gasteiger partial charge on any atom is 0.245 e. The van der Waals surface area contributed by atoms with Crippen molar-refractivity contribution >= 4 is 11.8 Å². The second-order valence-electron chi connectivity index (χ2n) is 8.64. The summed E-state index contributed by atoms with van der Waals surface area (Å²) in [5, 5.41) is 4.22. The van der Waals surface area contributed by atoms with E-state index >= 15 is 0 Å². The Labute approximate surface area is 195 Å². The van der Waals surface area contributed by atoms with E-state index in [1.807, 2.05) is 36.2 Å². The number of carbonyl (C=O) groups is 2. The van der Waals surface area contributed by atoms with Gasteiger partial charge in [-0.15, -0.1) is 0 Å². The third-order valence-corrected chi connectivity index (χ3v) is 6.20. The van der Waals surface area contributed by atoms with Crippen molar-refractivity contribution in [3.05, 3.63) is 72.8 Å². The number of aromatic nitrogens is 3. The maximum absolute atomic E-state index is 13.4. The van der Waals surface area contributed by atoms with E-state index in [0.717, 1.165) is 29.7 Å². The zero-order valence-corrected chi connectivity index (χ0v) is 19.3. The van der Waals surface area contributed by atoms with E-state index in [4.69, 9.17) is 0 Å². The van der Waals surface area contributed by atoms with Gasteiger partial charge in [-0.1, -0.05) is 38.1 Å². The molecule has 0 spiro atoms. The van der Waals surface area contributed by atoms with Gasteiger partial charge in [-0.05, 0) is 41.3 Å². The van der Waals surface area contributed by atoms with Crippen LogP contribution in [0.15, 0.2) is 67.3 Å². The number of hydrogen-bond acceptors (Lipinski definition) is 4. The molecule has 2 amide bonds. The molecule has 172 valence electrons. The predicted molar refractivity (Wildman–Crippen MR) is 127 cm³/mol. The molecule has 2 atom stereocenters. The summed E-state index contributed by atoms with van der Waals surface area (Å²) in [5.74, 6) is -0.207. The fourth-order valence-corrected chi connectivity index (χ4v) is 4.44. The summed E-state index contributed by atoms with van der Waals surface area (Å²) < 4.78 is 1.77. The number of carbonyl (C=O) groups excluding carboxylic acids is 2. The molecule has 3 aromatic rings. The van der Waals surface area contributed by atoms with Crippen LogP contribution in [0.2, 0.25) is 0 Å². The van der Waals surface area contributed by atoms with Crippen LogP contribution in [0.3, 0.4) is 0 Å². The van der Waals surface area contributed by atoms with Crippen molar-refractivity contribution in [1.82, 2.24) is 24.6 Å². The van der Waals surface area contributed by atoms with Gasteiger partial charge in [-0.25, -0.2) is 0 Å². The highest BCUT2D eigenvalue weighted by Crippen LogP contribution is 2.23. The van der Waals surface area contributed by atoms with Crippen LogP contribution in [-0.2, 0) is 22.6 Å². The first-order valence-corrected chi connectivity index (χ1v) is 11.6. The monoisotopic (exact) mass is 445 g/mol. The summed E-state index contributed by atoms with van der Waals surface area (Å²) in [5.41, 5.74) is 3.25. The van der Waals surface area contributed by atoms with Gasteiger partial charge in [0.15, 0.2) is 0 Å². The number of hydrogen-bond donors (Lipinski definition) is 0. The Morgan fingerprint density at radius 2 is 1.79 bits per heavy atom. The lowest BCUT2D eigenvalue weighted by Gasteiger charge is -2.41. The van der Waals surface area contributed by atoms with E-state index in [1.54, 1.807) is 28.2 Å². The smallest absolute Gasteiger partial charge is 0.245 e. The van der Waals surface area contributed by atoms with Crippen molar-refractivity contribution in [3.63, 3.8) is 0 Å². The lowest BCUT2D eigenvalue weighted by molar-refractivity contribution is -0.153. The minimum atomic E-state index is -0.482. The largest absolute Gasteiger partial charge is 0.339 e. The Balaban J connectivity index is 1.52. The van der Waals surface area contributed by atoms with Gasteiger partial charge in [0.1, 0.15) is 6.04 Å². The highest BCUT2D eigenvalue weighted by Gasteiger charge is 2.38. The minimum Gasteiger partial charge on any atom is -0.339 e. The lowest BCUT2D eigenvalue weighted by atomic mass is 9.97. The van der Waals surface area contributed by atoms with Gasteiger partial charge < -0.3 is 9.80 Å². The molecule has 2 unspecified atom stereocenters. The molecule has 0 radical (unpaired) electrons. The second kappa shape index (κ2) is 10.4. The molecule has 7 heteroatoms. The third kappa shape index (κ3) is 5.30. The molecule has 1 fully saturated rings. The van der Waals surface area contributed by atoms with Crippen molar-refractivity contribution in [2.24, 2.45) is 5.92 Å². The van der Waals surface area contributed by atoms with Crippen molar-refractivity contribution < 1.29 is 9.59 Å². The van der Waals surface area contributed by atoms with E-state index in [0.29, 0.717) is 26.1 Å². The number of pyridine rings is 1. The number of rotatable bonds is 8. The molecule has 0 N–H and O–H groups in total. The van der Waals surface area contributed by atoms with E-state index in [-0.39, 0.29) is 17.7 Å². The zero-order valence-electron chi connectivity index (χ0n) is 19.3. The molecule has 0 aliphatic carbocycles. The average Bonchev–Trinajstić information content (AvgIpc) is 3.35. The van der Waals surface area contributed by atoms with Crippen LogP contribution < -0.4 is 0 Å². The van der Waals surface area contributed by atoms with Crippen molar-refractivity contribution in [1.29, 1.82) is 0 Å². The predicted octanol–water partition coefficient (Wildman–Crippen LogP) is 3.27. The van der Waals surface area contributed by atoms with Crippen molar-refractivity contribution in [2.45, 2.75) is 39.3 Å². The van der Waals surface area contributed by atoms with Gasteiger partial charge in [-0.3, -0.25) is 19.3 Å². The van der Waals surface area contributed by atoms with Gasteiger partial charge in [0.05, 0.1) is 12.5 Å². The Morgan fingerprint density at radius 1 is 1.06 bits per heavy atom. The molecule has 33 heavy (non-hydrogen) atoms. The highest BCUT2D eigenvalue weighted by atomic mass is 16.2. The number of piperazine rings is 1. The Morgan fingerprint density at radius 3 is 2.45 bits per heavy atom. The molecule has 1 aromatic carbocycles. The Hall–Kier alpha value is -3.48. The second-order valence-corrected chi connectivity index (χ2v) is 8.64. The minimum absolute atomic E-state index is 0.00778. The molecule has 1 aliphatic heterocycles. The standard InChI is InChI=1S/C26H31N5O2/c1-3-14-29-16-17-31(25(32)20(2)19-30-15-4-11-28-30)24(26(29)33)18-21-5-7-22(8-6-21)23-9-12-27-13-10-23/h4-13,15,20,24H,3,14,16-19H2,1-2H3. The Kier molecular flexibility index (Phi) is 7.17. The van der Waals surface area contributed by atoms with Gasteiger partial charge in [0.2, 0.25) is 11.8 Å². The van der Waals surface area contributed by atoms with Gasteiger partial charge >= 0.3 is 0 Å². The van der Waals surface area contributed by atoms with Crippen LogP contribution in [-0.4, -0.2) is 62.1 Å². The molecule has 1 saturated heterocycles. The van der Waals surface area contributed by atoms with E-state index < -0.39 is 6.04 Å². The normalized spacial score (nSPS) is 17.3. The van der Waals surface area contributed by atoms with Crippen molar-refractivity contribution in [2.75, 3.05) is 19.6 Å². The maximum atomic E-state index is 13.4. The highest BCUT2D eigenvalue weighted by molar-refractivity contribution is 5.90. The van der Waals surface area contributed by atoms with Crippen LogP contribution in [0.25, 0.3) is 11.1 Å². The average molecular weight is 446 g/mol. The summed E-state index contributed by atoms with van der Waals surface area (Å²) in [6.07, 6.45) is 8.54. The first kappa shape index (κ1) is 22.7. The van der Waals surface area contributed by atoms with Crippen LogP contribution in [0, 0.1) is 5.92 Å². The van der Waals surface area contributed by atoms with Gasteiger partial charge in [0.25, 0.3) is 0 Å². The van der Waals surface area contributed by atoms with Crippen LogP contribution in [0.4, 0.5) is 0 Å². The molecule has 7 nitrogen and oxygen atoms in total. The third-order valence-electron chi connectivity index (χ3n) is 6.20. The number of nitrogens with zero attached hydrogens (tertiary/aromatic N) is 5. The fraction of sp³-hybridized carbons (Fsp3) is 0.385. The molecular formula is C26H31N5O2. The summed E-state index contributed by atoms with van der Waals surface area (Å²) in [6, 6.07) is 13.6. The molecule has 0 bridgehead atoms. The van der Waals surface area contributed by atoms with Crippen LogP contribution >= 0.6 is 0 Å². The summed E-state index contributed by atoms with van der Waals surface area (Å²) in [6.45, 7) is 6.36. The van der Waals surface area contributed by atoms with Gasteiger partial charge in [-0.2, -0.15) is 5.10 Å². The first-order chi connectivity index (χ1) is 16.1. The van der Waals surface area contributed by atoms with Crippen molar-refractivity contribution in [3.8, 4) is 11.1 Å². The fourth-order valence-electron chi connectivity index (χ4n) is 4.44. The van der Waals surface area contributed by atoms with E-state index in [9.17, 15) is 9.59 Å². The number of amides is 2. The molecule has 1 aliphatic rings. The summed E-state index contributed by atoms with van der Waals surface area (Å²) >= 11 is 0. The van der Waals surface area contributed by atoms with Crippen LogP contribution in [0.1, 0.15) is 25.8 Å². The zero-order chi connectivity index (χ0) is 23.2. The Bertz CT molecular complexity index is 1050.